The first-order valence-corrected chi connectivity index (χ1v) is 9.75. The molecule has 2 atom stereocenters. The van der Waals surface area contributed by atoms with Crippen molar-refractivity contribution in [2.75, 3.05) is 0 Å². The number of rotatable bonds is 2. The molecule has 0 bridgehead atoms. The summed E-state index contributed by atoms with van der Waals surface area (Å²) in [6.45, 7) is 6.34. The highest BCUT2D eigenvalue weighted by Crippen LogP contribution is 2.33. The van der Waals surface area contributed by atoms with Crippen LogP contribution in [0.4, 0.5) is 0 Å². The Hall–Kier alpha value is -2.14. The first-order chi connectivity index (χ1) is 12.1. The van der Waals surface area contributed by atoms with Crippen molar-refractivity contribution in [3.8, 4) is 5.69 Å². The first kappa shape index (κ1) is 16.3. The molecule has 0 saturated carbocycles. The summed E-state index contributed by atoms with van der Waals surface area (Å²) in [6, 6.07) is 12.8. The highest BCUT2D eigenvalue weighted by molar-refractivity contribution is 7.20. The molecule has 0 spiro atoms. The lowest BCUT2D eigenvalue weighted by Crippen LogP contribution is -2.47. The van der Waals surface area contributed by atoms with Crippen LogP contribution in [0.25, 0.3) is 15.9 Å². The number of aryl methyl sites for hydroxylation is 1. The normalized spacial score (nSPS) is 21.0. The second-order valence-electron chi connectivity index (χ2n) is 7.00. The smallest absolute Gasteiger partial charge is 0.264 e. The highest BCUT2D eigenvalue weighted by atomic mass is 32.1. The van der Waals surface area contributed by atoms with Crippen molar-refractivity contribution in [1.29, 1.82) is 0 Å². The fourth-order valence-electron chi connectivity index (χ4n) is 3.85. The standard InChI is InChI=1S/C20H23N3OS/c1-13-8-7-9-14(2)22(13)19(24)18-12-17-15(3)21-23(20(17)25-18)16-10-5-4-6-11-16/h4-6,10-14H,7-9H2,1-3H3/t13-,14-/m1/s1. The summed E-state index contributed by atoms with van der Waals surface area (Å²) in [5.41, 5.74) is 2.00. The molecular formula is C20H23N3OS. The maximum absolute atomic E-state index is 13.2. The molecule has 5 heteroatoms. The Labute approximate surface area is 152 Å². The van der Waals surface area contributed by atoms with Crippen LogP contribution in [0, 0.1) is 6.92 Å². The van der Waals surface area contributed by atoms with Gasteiger partial charge in [0.1, 0.15) is 4.83 Å². The summed E-state index contributed by atoms with van der Waals surface area (Å²) in [6.07, 6.45) is 3.40. The summed E-state index contributed by atoms with van der Waals surface area (Å²) in [4.78, 5) is 17.1. The van der Waals surface area contributed by atoms with E-state index in [-0.39, 0.29) is 5.91 Å². The largest absolute Gasteiger partial charge is 0.333 e. The third-order valence-electron chi connectivity index (χ3n) is 5.18. The van der Waals surface area contributed by atoms with Crippen LogP contribution >= 0.6 is 11.3 Å². The monoisotopic (exact) mass is 353 g/mol. The van der Waals surface area contributed by atoms with Crippen LogP contribution in [-0.2, 0) is 0 Å². The van der Waals surface area contributed by atoms with Crippen LogP contribution in [0.15, 0.2) is 36.4 Å². The number of carbonyl (C=O) groups excluding carboxylic acids is 1. The summed E-state index contributed by atoms with van der Waals surface area (Å²) in [5.74, 6) is 0.167. The lowest BCUT2D eigenvalue weighted by molar-refractivity contribution is 0.0516. The van der Waals surface area contributed by atoms with Gasteiger partial charge in [0, 0.05) is 17.5 Å². The average Bonchev–Trinajstić information content (AvgIpc) is 3.16. The van der Waals surface area contributed by atoms with E-state index in [1.807, 2.05) is 48.0 Å². The van der Waals surface area contributed by atoms with Crippen LogP contribution in [0.3, 0.4) is 0 Å². The summed E-state index contributed by atoms with van der Waals surface area (Å²) in [7, 11) is 0. The number of aromatic nitrogens is 2. The minimum absolute atomic E-state index is 0.167. The van der Waals surface area contributed by atoms with E-state index in [0.717, 1.165) is 39.3 Å². The van der Waals surface area contributed by atoms with Crippen LogP contribution < -0.4 is 0 Å². The van der Waals surface area contributed by atoms with Crippen molar-refractivity contribution in [3.63, 3.8) is 0 Å². The van der Waals surface area contributed by atoms with Crippen LogP contribution in [0.1, 0.15) is 48.5 Å². The van der Waals surface area contributed by atoms with Gasteiger partial charge >= 0.3 is 0 Å². The topological polar surface area (TPSA) is 38.1 Å². The molecule has 4 nitrogen and oxygen atoms in total. The van der Waals surface area contributed by atoms with Gasteiger partial charge in [-0.05, 0) is 58.2 Å². The van der Waals surface area contributed by atoms with E-state index in [9.17, 15) is 4.79 Å². The fraction of sp³-hybridized carbons (Fsp3) is 0.400. The first-order valence-electron chi connectivity index (χ1n) is 8.93. The number of benzene rings is 1. The lowest BCUT2D eigenvalue weighted by Gasteiger charge is -2.38. The molecule has 25 heavy (non-hydrogen) atoms. The molecule has 0 N–H and O–H groups in total. The predicted molar refractivity (Wildman–Crippen MR) is 103 cm³/mol. The van der Waals surface area contributed by atoms with Crippen LogP contribution in [0.2, 0.25) is 0 Å². The molecule has 130 valence electrons. The van der Waals surface area contributed by atoms with Gasteiger partial charge in [-0.3, -0.25) is 4.79 Å². The molecule has 1 saturated heterocycles. The number of fused-ring (bicyclic) bond motifs is 1. The molecule has 1 aromatic carbocycles. The second-order valence-corrected chi connectivity index (χ2v) is 8.03. The molecule has 0 aliphatic carbocycles. The van der Waals surface area contributed by atoms with Gasteiger partial charge in [-0.1, -0.05) is 18.2 Å². The molecular weight excluding hydrogens is 330 g/mol. The quantitative estimate of drug-likeness (QED) is 0.664. The number of nitrogens with zero attached hydrogens (tertiary/aromatic N) is 3. The number of hydrogen-bond donors (Lipinski definition) is 0. The maximum atomic E-state index is 13.2. The van der Waals surface area contributed by atoms with E-state index < -0.39 is 0 Å². The lowest BCUT2D eigenvalue weighted by atomic mass is 9.97. The van der Waals surface area contributed by atoms with Crippen LogP contribution in [-0.4, -0.2) is 32.7 Å². The molecule has 0 radical (unpaired) electrons. The number of likely N-dealkylation sites (tertiary alicyclic amines) is 1. The molecule has 1 aliphatic rings. The minimum atomic E-state index is 0.167. The van der Waals surface area contributed by atoms with Gasteiger partial charge in [-0.15, -0.1) is 11.3 Å². The zero-order chi connectivity index (χ0) is 17.6. The van der Waals surface area contributed by atoms with Gasteiger partial charge in [0.2, 0.25) is 0 Å². The second kappa shape index (κ2) is 6.30. The van der Waals surface area contributed by atoms with E-state index >= 15 is 0 Å². The SMILES string of the molecule is Cc1nn(-c2ccccc2)c2sc(C(=O)N3[C@H](C)CCC[C@H]3C)cc12. The van der Waals surface area contributed by atoms with Gasteiger partial charge in [0.15, 0.2) is 0 Å². The molecule has 1 aliphatic heterocycles. The molecule has 1 amide bonds. The Morgan fingerprint density at radius 1 is 1.16 bits per heavy atom. The van der Waals surface area contributed by atoms with Crippen molar-refractivity contribution in [2.24, 2.45) is 0 Å². The third kappa shape index (κ3) is 2.76. The number of carbonyl (C=O) groups is 1. The molecule has 0 unspecified atom stereocenters. The molecule has 3 heterocycles. The summed E-state index contributed by atoms with van der Waals surface area (Å²) < 4.78 is 1.95. The number of hydrogen-bond acceptors (Lipinski definition) is 3. The summed E-state index contributed by atoms with van der Waals surface area (Å²) in [5, 5.41) is 5.74. The Morgan fingerprint density at radius 2 is 1.84 bits per heavy atom. The van der Waals surface area contributed by atoms with Gasteiger partial charge in [-0.25, -0.2) is 4.68 Å². The Morgan fingerprint density at radius 3 is 2.52 bits per heavy atom. The Balaban J connectivity index is 1.76. The zero-order valence-electron chi connectivity index (χ0n) is 14.9. The Kier molecular flexibility index (Phi) is 4.12. The molecule has 4 rings (SSSR count). The van der Waals surface area contributed by atoms with Gasteiger partial charge in [0.25, 0.3) is 5.91 Å². The van der Waals surface area contributed by atoms with E-state index in [0.29, 0.717) is 12.1 Å². The van der Waals surface area contributed by atoms with E-state index in [4.69, 9.17) is 0 Å². The van der Waals surface area contributed by atoms with E-state index in [1.54, 1.807) is 11.3 Å². The molecule has 2 aromatic heterocycles. The third-order valence-corrected chi connectivity index (χ3v) is 6.28. The van der Waals surface area contributed by atoms with Crippen LogP contribution in [0.5, 0.6) is 0 Å². The van der Waals surface area contributed by atoms with Crippen molar-refractivity contribution in [3.05, 3.63) is 47.0 Å². The van der Waals surface area contributed by atoms with Gasteiger partial charge < -0.3 is 4.90 Å². The minimum Gasteiger partial charge on any atom is -0.333 e. The number of amides is 1. The maximum Gasteiger partial charge on any atom is 0.264 e. The van der Waals surface area contributed by atoms with Crippen molar-refractivity contribution < 1.29 is 4.79 Å². The van der Waals surface area contributed by atoms with E-state index in [1.165, 1.54) is 6.42 Å². The number of piperidine rings is 1. The van der Waals surface area contributed by atoms with Crippen molar-refractivity contribution in [2.45, 2.75) is 52.1 Å². The molecule has 3 aromatic rings. The number of thiophene rings is 1. The molecule has 1 fully saturated rings. The van der Waals surface area contributed by atoms with Gasteiger partial charge in [0.05, 0.1) is 16.3 Å². The number of para-hydroxylation sites is 1. The highest BCUT2D eigenvalue weighted by Gasteiger charge is 2.31. The Bertz CT molecular complexity index is 902. The van der Waals surface area contributed by atoms with Crippen molar-refractivity contribution >= 4 is 27.5 Å². The van der Waals surface area contributed by atoms with E-state index in [2.05, 4.69) is 23.8 Å². The average molecular weight is 353 g/mol. The zero-order valence-corrected chi connectivity index (χ0v) is 15.7. The summed E-state index contributed by atoms with van der Waals surface area (Å²) >= 11 is 1.55. The predicted octanol–water partition coefficient (Wildman–Crippen LogP) is 4.80. The van der Waals surface area contributed by atoms with Gasteiger partial charge in [-0.2, -0.15) is 5.10 Å². The van der Waals surface area contributed by atoms with Crippen molar-refractivity contribution in [1.82, 2.24) is 14.7 Å². The fourth-order valence-corrected chi connectivity index (χ4v) is 4.97.